The summed E-state index contributed by atoms with van der Waals surface area (Å²) in [6, 6.07) is 8.79. The molecule has 0 atom stereocenters. The lowest BCUT2D eigenvalue weighted by atomic mass is 10.0. The second-order valence-corrected chi connectivity index (χ2v) is 3.91. The summed E-state index contributed by atoms with van der Waals surface area (Å²) in [5, 5.41) is 0.541. The van der Waals surface area contributed by atoms with Crippen LogP contribution in [0.25, 0.3) is 11.1 Å². The number of aldehydes is 1. The van der Waals surface area contributed by atoms with E-state index in [0.717, 1.165) is 12.1 Å². The van der Waals surface area contributed by atoms with E-state index < -0.39 is 17.2 Å². The maximum atomic E-state index is 13.4. The summed E-state index contributed by atoms with van der Waals surface area (Å²) < 4.78 is 26.8. The van der Waals surface area contributed by atoms with Gasteiger partial charge in [0.1, 0.15) is 11.6 Å². The molecule has 0 N–H and O–H groups in total. The Balaban J connectivity index is 2.54. The predicted octanol–water partition coefficient (Wildman–Crippen LogP) is 4.10. The second-order valence-electron chi connectivity index (χ2n) is 3.48. The van der Waals surface area contributed by atoms with E-state index in [2.05, 4.69) is 0 Å². The van der Waals surface area contributed by atoms with Crippen molar-refractivity contribution in [1.29, 1.82) is 0 Å². The van der Waals surface area contributed by atoms with E-state index in [-0.39, 0.29) is 6.29 Å². The molecule has 86 valence electrons. The van der Waals surface area contributed by atoms with Crippen molar-refractivity contribution in [1.82, 2.24) is 0 Å². The third kappa shape index (κ3) is 2.34. The molecule has 0 amide bonds. The molecule has 0 bridgehead atoms. The first-order chi connectivity index (χ1) is 8.11. The first-order valence-electron chi connectivity index (χ1n) is 4.82. The molecule has 0 aromatic heterocycles. The van der Waals surface area contributed by atoms with Crippen molar-refractivity contribution >= 4 is 17.9 Å². The predicted molar refractivity (Wildman–Crippen MR) is 62.2 cm³/mol. The molecule has 2 aromatic rings. The van der Waals surface area contributed by atoms with Crippen LogP contribution in [-0.4, -0.2) is 6.29 Å². The van der Waals surface area contributed by atoms with Gasteiger partial charge in [-0.2, -0.15) is 0 Å². The summed E-state index contributed by atoms with van der Waals surface area (Å²) in [6.45, 7) is 0. The highest BCUT2D eigenvalue weighted by Gasteiger charge is 2.11. The molecule has 0 heterocycles. The Labute approximate surface area is 102 Å². The molecular weight excluding hydrogens is 246 g/mol. The molecule has 0 saturated heterocycles. The lowest BCUT2D eigenvalue weighted by Gasteiger charge is -2.04. The summed E-state index contributed by atoms with van der Waals surface area (Å²) in [5.74, 6) is -1.74. The van der Waals surface area contributed by atoms with E-state index >= 15 is 0 Å². The summed E-state index contributed by atoms with van der Waals surface area (Å²) in [6.07, 6.45) is 0.163. The van der Waals surface area contributed by atoms with Crippen molar-refractivity contribution in [3.8, 4) is 11.1 Å². The molecule has 0 fully saturated rings. The summed E-state index contributed by atoms with van der Waals surface area (Å²) in [7, 11) is 0. The van der Waals surface area contributed by atoms with Crippen LogP contribution in [0.2, 0.25) is 5.02 Å². The van der Waals surface area contributed by atoms with Gasteiger partial charge >= 0.3 is 0 Å². The first-order valence-corrected chi connectivity index (χ1v) is 5.20. The van der Waals surface area contributed by atoms with E-state index in [1.807, 2.05) is 0 Å². The normalized spacial score (nSPS) is 10.3. The molecule has 0 spiro atoms. The molecule has 0 aliphatic rings. The molecule has 2 rings (SSSR count). The fourth-order valence-corrected chi connectivity index (χ4v) is 1.63. The van der Waals surface area contributed by atoms with Gasteiger partial charge in [0.25, 0.3) is 0 Å². The van der Waals surface area contributed by atoms with Gasteiger partial charge in [0, 0.05) is 5.02 Å². The third-order valence-electron chi connectivity index (χ3n) is 2.37. The maximum Gasteiger partial charge on any atom is 0.155 e. The van der Waals surface area contributed by atoms with Crippen molar-refractivity contribution < 1.29 is 13.6 Å². The van der Waals surface area contributed by atoms with Crippen molar-refractivity contribution in [2.75, 3.05) is 0 Å². The van der Waals surface area contributed by atoms with Crippen LogP contribution in [0, 0.1) is 11.6 Å². The maximum absolute atomic E-state index is 13.4. The molecule has 0 saturated carbocycles. The zero-order chi connectivity index (χ0) is 12.4. The van der Waals surface area contributed by atoms with Crippen LogP contribution >= 0.6 is 11.6 Å². The Bertz CT molecular complexity index is 541. The van der Waals surface area contributed by atoms with Crippen LogP contribution in [0.4, 0.5) is 8.78 Å². The van der Waals surface area contributed by atoms with Crippen LogP contribution in [0.1, 0.15) is 10.4 Å². The Morgan fingerprint density at radius 3 is 1.94 bits per heavy atom. The van der Waals surface area contributed by atoms with Gasteiger partial charge in [-0.25, -0.2) is 8.78 Å². The topological polar surface area (TPSA) is 17.1 Å². The summed E-state index contributed by atoms with van der Waals surface area (Å²) >= 11 is 5.71. The van der Waals surface area contributed by atoms with E-state index in [1.165, 1.54) is 0 Å². The smallest absolute Gasteiger partial charge is 0.155 e. The van der Waals surface area contributed by atoms with Crippen LogP contribution in [0.5, 0.6) is 0 Å². The van der Waals surface area contributed by atoms with Crippen LogP contribution in [-0.2, 0) is 0 Å². The summed E-state index contributed by atoms with van der Waals surface area (Å²) in [5.41, 5.74) is 0.439. The highest BCUT2D eigenvalue weighted by molar-refractivity contribution is 6.30. The van der Waals surface area contributed by atoms with Gasteiger partial charge in [0.05, 0.1) is 5.56 Å². The minimum atomic E-state index is -0.870. The SMILES string of the molecule is O=Cc1c(F)cc(-c2ccc(Cl)cc2)cc1F. The fraction of sp³-hybridized carbons (Fsp3) is 0. The average molecular weight is 253 g/mol. The lowest BCUT2D eigenvalue weighted by molar-refractivity contribution is 0.111. The van der Waals surface area contributed by atoms with E-state index in [4.69, 9.17) is 11.6 Å². The van der Waals surface area contributed by atoms with Gasteiger partial charge in [-0.1, -0.05) is 23.7 Å². The molecule has 0 aliphatic carbocycles. The van der Waals surface area contributed by atoms with Gasteiger partial charge in [-0.3, -0.25) is 4.79 Å². The average Bonchev–Trinajstić information content (AvgIpc) is 2.29. The van der Waals surface area contributed by atoms with E-state index in [9.17, 15) is 13.6 Å². The second kappa shape index (κ2) is 4.63. The van der Waals surface area contributed by atoms with Gasteiger partial charge in [0.2, 0.25) is 0 Å². The monoisotopic (exact) mass is 252 g/mol. The fourth-order valence-electron chi connectivity index (χ4n) is 1.51. The van der Waals surface area contributed by atoms with Gasteiger partial charge in [-0.15, -0.1) is 0 Å². The highest BCUT2D eigenvalue weighted by atomic mass is 35.5. The molecular formula is C13H7ClF2O. The van der Waals surface area contributed by atoms with Crippen molar-refractivity contribution in [2.45, 2.75) is 0 Å². The molecule has 1 nitrogen and oxygen atoms in total. The minimum absolute atomic E-state index is 0.163. The third-order valence-corrected chi connectivity index (χ3v) is 2.63. The number of carbonyl (C=O) groups excluding carboxylic acids is 1. The molecule has 4 heteroatoms. The minimum Gasteiger partial charge on any atom is -0.298 e. The Hall–Kier alpha value is -1.74. The zero-order valence-electron chi connectivity index (χ0n) is 8.58. The zero-order valence-corrected chi connectivity index (χ0v) is 9.34. The quantitative estimate of drug-likeness (QED) is 0.736. The van der Waals surface area contributed by atoms with Gasteiger partial charge in [-0.05, 0) is 35.4 Å². The van der Waals surface area contributed by atoms with Gasteiger partial charge < -0.3 is 0 Å². The van der Waals surface area contributed by atoms with Crippen molar-refractivity contribution in [2.24, 2.45) is 0 Å². The van der Waals surface area contributed by atoms with Gasteiger partial charge in [0.15, 0.2) is 6.29 Å². The van der Waals surface area contributed by atoms with Crippen LogP contribution < -0.4 is 0 Å². The number of hydrogen-bond donors (Lipinski definition) is 0. The Kier molecular flexibility index (Phi) is 3.20. The molecule has 0 radical (unpaired) electrons. The molecule has 17 heavy (non-hydrogen) atoms. The largest absolute Gasteiger partial charge is 0.298 e. The number of hydrogen-bond acceptors (Lipinski definition) is 1. The number of benzene rings is 2. The van der Waals surface area contributed by atoms with Crippen molar-refractivity contribution in [3.63, 3.8) is 0 Å². The molecule has 2 aromatic carbocycles. The van der Waals surface area contributed by atoms with E-state index in [1.54, 1.807) is 24.3 Å². The molecule has 0 unspecified atom stereocenters. The highest BCUT2D eigenvalue weighted by Crippen LogP contribution is 2.25. The number of carbonyl (C=O) groups is 1. The summed E-state index contributed by atoms with van der Waals surface area (Å²) in [4.78, 5) is 10.4. The van der Waals surface area contributed by atoms with Crippen LogP contribution in [0.15, 0.2) is 36.4 Å². The van der Waals surface area contributed by atoms with Crippen molar-refractivity contribution in [3.05, 3.63) is 58.6 Å². The standard InChI is InChI=1S/C13H7ClF2O/c14-10-3-1-8(2-4-10)9-5-12(15)11(7-17)13(16)6-9/h1-7H. The Morgan fingerprint density at radius 1 is 0.941 bits per heavy atom. The lowest BCUT2D eigenvalue weighted by Crippen LogP contribution is -1.94. The first kappa shape index (κ1) is 11.7. The number of rotatable bonds is 2. The Morgan fingerprint density at radius 2 is 1.47 bits per heavy atom. The molecule has 0 aliphatic heterocycles. The van der Waals surface area contributed by atoms with E-state index in [0.29, 0.717) is 16.1 Å². The van der Waals surface area contributed by atoms with Crippen LogP contribution in [0.3, 0.4) is 0 Å². The number of halogens is 3.